The number of rotatable bonds is 4. The highest BCUT2D eigenvalue weighted by Gasteiger charge is 2.14. The summed E-state index contributed by atoms with van der Waals surface area (Å²) in [5.74, 6) is 0.885. The molecule has 5 nitrogen and oxygen atoms in total. The first kappa shape index (κ1) is 10.2. The molecular formula is C9H13N5S. The van der Waals surface area contributed by atoms with Crippen molar-refractivity contribution in [3.8, 4) is 10.7 Å². The van der Waals surface area contributed by atoms with Crippen LogP contribution in [0, 0.1) is 0 Å². The highest BCUT2D eigenvalue weighted by atomic mass is 32.1. The van der Waals surface area contributed by atoms with Crippen molar-refractivity contribution in [3.63, 3.8) is 0 Å². The van der Waals surface area contributed by atoms with Gasteiger partial charge in [0.25, 0.3) is 0 Å². The number of nitrogens with zero attached hydrogens (tertiary/aromatic N) is 5. The molecule has 0 aromatic carbocycles. The molecule has 0 bridgehead atoms. The molecule has 2 rings (SSSR count). The summed E-state index contributed by atoms with van der Waals surface area (Å²) in [5.41, 5.74) is 1.03. The van der Waals surface area contributed by atoms with Crippen molar-refractivity contribution >= 4 is 11.5 Å². The van der Waals surface area contributed by atoms with Gasteiger partial charge in [0.15, 0.2) is 5.82 Å². The maximum Gasteiger partial charge on any atom is 0.177 e. The van der Waals surface area contributed by atoms with Crippen molar-refractivity contribution in [3.05, 3.63) is 12.0 Å². The molecule has 0 saturated carbocycles. The molecule has 15 heavy (non-hydrogen) atoms. The molecule has 80 valence electrons. The molecule has 0 unspecified atom stereocenters. The molecule has 2 heterocycles. The molecule has 0 N–H and O–H groups in total. The van der Waals surface area contributed by atoms with Gasteiger partial charge in [-0.05, 0) is 24.9 Å². The molecule has 0 spiro atoms. The summed E-state index contributed by atoms with van der Waals surface area (Å²) in [4.78, 5) is 1.05. The average Bonchev–Trinajstić information content (AvgIpc) is 2.84. The van der Waals surface area contributed by atoms with Gasteiger partial charge in [0.1, 0.15) is 11.2 Å². The van der Waals surface area contributed by atoms with E-state index in [1.54, 1.807) is 6.33 Å². The second-order valence-corrected chi connectivity index (χ2v) is 3.99. The summed E-state index contributed by atoms with van der Waals surface area (Å²) in [6, 6.07) is 0. The molecule has 2 aromatic heterocycles. The van der Waals surface area contributed by atoms with E-state index in [-0.39, 0.29) is 0 Å². The largest absolute Gasteiger partial charge is 0.313 e. The van der Waals surface area contributed by atoms with Crippen molar-refractivity contribution in [2.24, 2.45) is 0 Å². The minimum Gasteiger partial charge on any atom is -0.313 e. The maximum absolute atomic E-state index is 4.12. The molecular weight excluding hydrogens is 210 g/mol. The van der Waals surface area contributed by atoms with Gasteiger partial charge in [0.05, 0.1) is 5.69 Å². The number of hydrogen-bond acceptors (Lipinski definition) is 5. The highest BCUT2D eigenvalue weighted by molar-refractivity contribution is 7.09. The van der Waals surface area contributed by atoms with Gasteiger partial charge in [-0.25, -0.2) is 0 Å². The Hall–Kier alpha value is -1.30. The normalized spacial score (nSPS) is 10.8. The van der Waals surface area contributed by atoms with Crippen LogP contribution in [0.3, 0.4) is 0 Å². The van der Waals surface area contributed by atoms with E-state index in [0.29, 0.717) is 0 Å². The topological polar surface area (TPSA) is 56.5 Å². The fourth-order valence-corrected chi connectivity index (χ4v) is 2.15. The average molecular weight is 223 g/mol. The molecule has 6 heteroatoms. The van der Waals surface area contributed by atoms with Crippen LogP contribution < -0.4 is 0 Å². The molecule has 0 aliphatic rings. The van der Waals surface area contributed by atoms with Crippen LogP contribution in [0.1, 0.15) is 26.0 Å². The number of aryl methyl sites for hydroxylation is 2. The maximum atomic E-state index is 4.12. The third kappa shape index (κ3) is 1.90. The van der Waals surface area contributed by atoms with Crippen LogP contribution in [0.2, 0.25) is 0 Å². The fraction of sp³-hybridized carbons (Fsp3) is 0.556. The van der Waals surface area contributed by atoms with Gasteiger partial charge < -0.3 is 4.57 Å². The highest BCUT2D eigenvalue weighted by Crippen LogP contribution is 2.24. The second-order valence-electron chi connectivity index (χ2n) is 3.24. The van der Waals surface area contributed by atoms with Gasteiger partial charge in [-0.3, -0.25) is 0 Å². The first-order valence-corrected chi connectivity index (χ1v) is 5.83. The molecule has 0 aliphatic heterocycles. The van der Waals surface area contributed by atoms with E-state index in [1.165, 1.54) is 11.5 Å². The van der Waals surface area contributed by atoms with Crippen molar-refractivity contribution in [1.82, 2.24) is 24.4 Å². The van der Waals surface area contributed by atoms with E-state index in [1.807, 2.05) is 4.57 Å². The zero-order valence-electron chi connectivity index (χ0n) is 8.84. The van der Waals surface area contributed by atoms with Crippen molar-refractivity contribution < 1.29 is 0 Å². The monoisotopic (exact) mass is 223 g/mol. The quantitative estimate of drug-likeness (QED) is 0.792. The summed E-state index contributed by atoms with van der Waals surface area (Å²) in [6.45, 7) is 5.07. The van der Waals surface area contributed by atoms with Crippen LogP contribution in [0.4, 0.5) is 0 Å². The predicted octanol–water partition coefficient (Wildman–Crippen LogP) is 1.77. The molecule has 0 radical (unpaired) electrons. The first-order chi connectivity index (χ1) is 7.36. The van der Waals surface area contributed by atoms with Gasteiger partial charge in [0, 0.05) is 6.54 Å². The van der Waals surface area contributed by atoms with E-state index in [0.717, 1.165) is 35.8 Å². The Labute approximate surface area is 92.3 Å². The van der Waals surface area contributed by atoms with Crippen LogP contribution in [-0.2, 0) is 13.0 Å². The van der Waals surface area contributed by atoms with Crippen molar-refractivity contribution in [1.29, 1.82) is 0 Å². The summed E-state index contributed by atoms with van der Waals surface area (Å²) >= 11 is 1.39. The summed E-state index contributed by atoms with van der Waals surface area (Å²) in [6.07, 6.45) is 3.76. The SMILES string of the molecule is CCCc1nnsc1-c1nncn1CC. The molecule has 0 atom stereocenters. The lowest BCUT2D eigenvalue weighted by Gasteiger charge is -2.01. The first-order valence-electron chi connectivity index (χ1n) is 5.06. The predicted molar refractivity (Wildman–Crippen MR) is 58.6 cm³/mol. The zero-order valence-corrected chi connectivity index (χ0v) is 9.66. The summed E-state index contributed by atoms with van der Waals surface area (Å²) in [7, 11) is 0. The Balaban J connectivity index is 2.40. The molecule has 0 amide bonds. The molecule has 0 fully saturated rings. The number of aromatic nitrogens is 5. The third-order valence-corrected chi connectivity index (χ3v) is 2.97. The third-order valence-electron chi connectivity index (χ3n) is 2.20. The Kier molecular flexibility index (Phi) is 3.05. The smallest absolute Gasteiger partial charge is 0.177 e. The van der Waals surface area contributed by atoms with E-state index >= 15 is 0 Å². The molecule has 2 aromatic rings. The number of hydrogen-bond donors (Lipinski definition) is 0. The van der Waals surface area contributed by atoms with Crippen molar-refractivity contribution in [2.45, 2.75) is 33.2 Å². The van der Waals surface area contributed by atoms with E-state index in [9.17, 15) is 0 Å². The Morgan fingerprint density at radius 2 is 2.20 bits per heavy atom. The lowest BCUT2D eigenvalue weighted by molar-refractivity contribution is 0.765. The fourth-order valence-electron chi connectivity index (χ4n) is 1.44. The molecule has 0 saturated heterocycles. The van der Waals surface area contributed by atoms with E-state index in [2.05, 4.69) is 33.6 Å². The minimum atomic E-state index is 0.867. The molecule has 0 aliphatic carbocycles. The van der Waals surface area contributed by atoms with Gasteiger partial charge in [-0.1, -0.05) is 17.8 Å². The van der Waals surface area contributed by atoms with Gasteiger partial charge in [0.2, 0.25) is 0 Å². The lowest BCUT2D eigenvalue weighted by Crippen LogP contribution is -1.97. The van der Waals surface area contributed by atoms with Gasteiger partial charge in [-0.2, -0.15) is 0 Å². The van der Waals surface area contributed by atoms with E-state index < -0.39 is 0 Å². The van der Waals surface area contributed by atoms with Crippen LogP contribution >= 0.6 is 11.5 Å². The summed E-state index contributed by atoms with van der Waals surface area (Å²) < 4.78 is 5.99. The van der Waals surface area contributed by atoms with Crippen LogP contribution in [0.5, 0.6) is 0 Å². The zero-order chi connectivity index (χ0) is 10.7. The van der Waals surface area contributed by atoms with Gasteiger partial charge >= 0.3 is 0 Å². The standard InChI is InChI=1S/C9H13N5S/c1-3-5-7-8(15-13-11-7)9-12-10-6-14(9)4-2/h6H,3-5H2,1-2H3. The lowest BCUT2D eigenvalue weighted by atomic mass is 10.2. The Morgan fingerprint density at radius 3 is 2.93 bits per heavy atom. The summed E-state index contributed by atoms with van der Waals surface area (Å²) in [5, 5.41) is 12.2. The second kappa shape index (κ2) is 4.48. The van der Waals surface area contributed by atoms with Crippen LogP contribution in [-0.4, -0.2) is 24.4 Å². The van der Waals surface area contributed by atoms with Gasteiger partial charge in [-0.15, -0.1) is 15.3 Å². The van der Waals surface area contributed by atoms with Crippen LogP contribution in [0.15, 0.2) is 6.33 Å². The van der Waals surface area contributed by atoms with Crippen molar-refractivity contribution in [2.75, 3.05) is 0 Å². The minimum absolute atomic E-state index is 0.867. The van der Waals surface area contributed by atoms with E-state index in [4.69, 9.17) is 0 Å². The van der Waals surface area contributed by atoms with Crippen LogP contribution in [0.25, 0.3) is 10.7 Å². The Morgan fingerprint density at radius 1 is 1.33 bits per heavy atom. The Bertz CT molecular complexity index is 433.